The van der Waals surface area contributed by atoms with Crippen molar-refractivity contribution in [1.29, 1.82) is 0 Å². The first-order valence-corrected chi connectivity index (χ1v) is 7.25. The maximum absolute atomic E-state index is 11.5. The molecule has 0 aromatic carbocycles. The highest BCUT2D eigenvalue weighted by Gasteiger charge is 2.31. The standard InChI is InChI=1S/C10H11N3O6S/c1-20(17)6-8-5-12(10(14)19-8)11-4-7-2-3-9(18-7)13(15)16/h2-4,8H,5-6H2,1H3. The highest BCUT2D eigenvalue weighted by Crippen LogP contribution is 2.15. The molecule has 10 heteroatoms. The van der Waals surface area contributed by atoms with E-state index in [-0.39, 0.29) is 18.1 Å². The van der Waals surface area contributed by atoms with Crippen LogP contribution < -0.4 is 0 Å². The number of hydrazone groups is 1. The van der Waals surface area contributed by atoms with E-state index >= 15 is 0 Å². The smallest absolute Gasteiger partial charge is 0.433 e. The van der Waals surface area contributed by atoms with Crippen LogP contribution in [0.1, 0.15) is 5.76 Å². The van der Waals surface area contributed by atoms with Crippen molar-refractivity contribution < 1.29 is 23.1 Å². The number of hydrogen-bond donors (Lipinski definition) is 0. The minimum Gasteiger partial charge on any atom is -0.442 e. The van der Waals surface area contributed by atoms with Crippen molar-refractivity contribution in [2.24, 2.45) is 5.10 Å². The van der Waals surface area contributed by atoms with Crippen molar-refractivity contribution in [3.63, 3.8) is 0 Å². The average molecular weight is 301 g/mol. The van der Waals surface area contributed by atoms with Crippen LogP contribution in [-0.4, -0.2) is 51.1 Å². The molecule has 1 saturated heterocycles. The zero-order chi connectivity index (χ0) is 14.7. The van der Waals surface area contributed by atoms with E-state index in [0.717, 1.165) is 5.01 Å². The second kappa shape index (κ2) is 5.82. The van der Waals surface area contributed by atoms with Crippen LogP contribution in [0.4, 0.5) is 10.7 Å². The molecule has 1 amide bonds. The number of carbonyl (C=O) groups excluding carboxylic acids is 1. The Hall–Kier alpha value is -2.23. The van der Waals surface area contributed by atoms with Gasteiger partial charge >= 0.3 is 12.0 Å². The van der Waals surface area contributed by atoms with E-state index in [9.17, 15) is 19.1 Å². The van der Waals surface area contributed by atoms with Gasteiger partial charge in [0.05, 0.1) is 24.6 Å². The molecular formula is C10H11N3O6S. The normalized spacial score (nSPS) is 20.4. The van der Waals surface area contributed by atoms with Crippen molar-refractivity contribution in [3.8, 4) is 0 Å². The molecule has 2 rings (SSSR count). The number of hydrogen-bond acceptors (Lipinski definition) is 7. The van der Waals surface area contributed by atoms with Crippen LogP contribution in [0.2, 0.25) is 0 Å². The Morgan fingerprint density at radius 1 is 1.65 bits per heavy atom. The maximum atomic E-state index is 11.5. The number of rotatable bonds is 5. The van der Waals surface area contributed by atoms with Gasteiger partial charge in [0.2, 0.25) is 0 Å². The Balaban J connectivity index is 1.98. The minimum atomic E-state index is -1.08. The fraction of sp³-hybridized carbons (Fsp3) is 0.400. The zero-order valence-corrected chi connectivity index (χ0v) is 11.2. The van der Waals surface area contributed by atoms with Gasteiger partial charge in [-0.05, 0) is 6.07 Å². The lowest BCUT2D eigenvalue weighted by Gasteiger charge is -2.04. The summed E-state index contributed by atoms with van der Waals surface area (Å²) in [6.45, 7) is 0.178. The number of nitro groups is 1. The van der Waals surface area contributed by atoms with Crippen LogP contribution in [-0.2, 0) is 15.5 Å². The van der Waals surface area contributed by atoms with Crippen LogP contribution in [0.3, 0.4) is 0 Å². The fourth-order valence-electron chi connectivity index (χ4n) is 1.59. The van der Waals surface area contributed by atoms with Gasteiger partial charge in [-0.1, -0.05) is 0 Å². The molecule has 0 bridgehead atoms. The summed E-state index contributed by atoms with van der Waals surface area (Å²) in [5, 5.41) is 15.3. The lowest BCUT2D eigenvalue weighted by atomic mass is 10.4. The number of nitrogens with zero attached hydrogens (tertiary/aromatic N) is 3. The van der Waals surface area contributed by atoms with Crippen molar-refractivity contribution in [2.75, 3.05) is 18.6 Å². The van der Waals surface area contributed by atoms with E-state index in [0.29, 0.717) is 0 Å². The number of furan rings is 1. The predicted octanol–water partition coefficient (Wildman–Crippen LogP) is 0.721. The van der Waals surface area contributed by atoms with Crippen molar-refractivity contribution in [1.82, 2.24) is 5.01 Å². The second-order valence-corrected chi connectivity index (χ2v) is 5.49. The largest absolute Gasteiger partial charge is 0.442 e. The predicted molar refractivity (Wildman–Crippen MR) is 68.9 cm³/mol. The van der Waals surface area contributed by atoms with E-state index < -0.39 is 33.8 Å². The molecule has 0 aliphatic carbocycles. The van der Waals surface area contributed by atoms with Crippen LogP contribution in [0.25, 0.3) is 0 Å². The molecule has 0 spiro atoms. The molecule has 2 heterocycles. The van der Waals surface area contributed by atoms with Crippen molar-refractivity contribution in [2.45, 2.75) is 6.10 Å². The average Bonchev–Trinajstić information content (AvgIpc) is 2.93. The first-order chi connectivity index (χ1) is 9.45. The molecule has 9 nitrogen and oxygen atoms in total. The highest BCUT2D eigenvalue weighted by atomic mass is 32.2. The fourth-order valence-corrected chi connectivity index (χ4v) is 2.28. The molecule has 0 radical (unpaired) electrons. The van der Waals surface area contributed by atoms with Gasteiger partial charge < -0.3 is 9.15 Å². The zero-order valence-electron chi connectivity index (χ0n) is 10.4. The van der Waals surface area contributed by atoms with Crippen LogP contribution in [0.5, 0.6) is 0 Å². The Kier molecular flexibility index (Phi) is 4.13. The molecule has 1 aromatic rings. The molecular weight excluding hydrogens is 290 g/mol. The van der Waals surface area contributed by atoms with E-state index in [2.05, 4.69) is 5.10 Å². The van der Waals surface area contributed by atoms with Gasteiger partial charge in [-0.3, -0.25) is 14.3 Å². The summed E-state index contributed by atoms with van der Waals surface area (Å²) in [7, 11) is -1.08. The quantitative estimate of drug-likeness (QED) is 0.449. The first kappa shape index (κ1) is 14.2. The third-order valence-electron chi connectivity index (χ3n) is 2.39. The Labute approximate surface area is 115 Å². The topological polar surface area (TPSA) is 115 Å². The summed E-state index contributed by atoms with van der Waals surface area (Å²) in [5.74, 6) is -0.0222. The molecule has 108 valence electrons. The third-order valence-corrected chi connectivity index (χ3v) is 3.23. The number of ether oxygens (including phenoxy) is 1. The summed E-state index contributed by atoms with van der Waals surface area (Å²) >= 11 is 0. The Bertz CT molecular complexity index is 583. The lowest BCUT2D eigenvalue weighted by Crippen LogP contribution is -2.22. The SMILES string of the molecule is CS(=O)CC1CN(N=Cc2ccc([N+](=O)[O-])o2)C(=O)O1. The molecule has 1 aromatic heterocycles. The third kappa shape index (κ3) is 3.41. The van der Waals surface area contributed by atoms with Crippen molar-refractivity contribution in [3.05, 3.63) is 28.0 Å². The van der Waals surface area contributed by atoms with E-state index in [1.165, 1.54) is 24.6 Å². The van der Waals surface area contributed by atoms with Gasteiger partial charge in [0.15, 0.2) is 5.76 Å². The molecule has 1 fully saturated rings. The number of amides is 1. The van der Waals surface area contributed by atoms with Gasteiger partial charge in [0.1, 0.15) is 11.0 Å². The summed E-state index contributed by atoms with van der Waals surface area (Å²) in [5.41, 5.74) is 0. The molecule has 2 atom stereocenters. The van der Waals surface area contributed by atoms with Gasteiger partial charge in [-0.15, -0.1) is 0 Å². The lowest BCUT2D eigenvalue weighted by molar-refractivity contribution is -0.402. The maximum Gasteiger partial charge on any atom is 0.433 e. The van der Waals surface area contributed by atoms with Crippen LogP contribution in [0.15, 0.2) is 21.7 Å². The van der Waals surface area contributed by atoms with Gasteiger partial charge in [-0.2, -0.15) is 10.1 Å². The molecule has 1 aliphatic rings. The Morgan fingerprint density at radius 3 is 3.00 bits per heavy atom. The minimum absolute atomic E-state index is 0.145. The monoisotopic (exact) mass is 301 g/mol. The van der Waals surface area contributed by atoms with E-state index in [4.69, 9.17) is 9.15 Å². The highest BCUT2D eigenvalue weighted by molar-refractivity contribution is 7.84. The number of cyclic esters (lactones) is 1. The number of carbonyl (C=O) groups is 1. The van der Waals surface area contributed by atoms with Gasteiger partial charge in [0, 0.05) is 17.1 Å². The van der Waals surface area contributed by atoms with Crippen molar-refractivity contribution >= 4 is 29.0 Å². The molecule has 1 aliphatic heterocycles. The summed E-state index contributed by atoms with van der Waals surface area (Å²) in [6.07, 6.45) is 1.57. The molecule has 0 N–H and O–H groups in total. The summed E-state index contributed by atoms with van der Waals surface area (Å²) in [4.78, 5) is 21.2. The molecule has 2 unspecified atom stereocenters. The van der Waals surface area contributed by atoms with Gasteiger partial charge in [-0.25, -0.2) is 4.79 Å². The Morgan fingerprint density at radius 2 is 2.40 bits per heavy atom. The molecule has 20 heavy (non-hydrogen) atoms. The first-order valence-electron chi connectivity index (χ1n) is 5.52. The summed E-state index contributed by atoms with van der Waals surface area (Å²) in [6, 6.07) is 2.55. The summed E-state index contributed by atoms with van der Waals surface area (Å²) < 4.78 is 20.9. The van der Waals surface area contributed by atoms with E-state index in [1.807, 2.05) is 0 Å². The van der Waals surface area contributed by atoms with E-state index in [1.54, 1.807) is 0 Å². The van der Waals surface area contributed by atoms with Crippen LogP contribution in [0, 0.1) is 10.1 Å². The second-order valence-electron chi connectivity index (χ2n) is 4.01. The van der Waals surface area contributed by atoms with Crippen LogP contribution >= 0.6 is 0 Å². The molecule has 0 saturated carbocycles. The van der Waals surface area contributed by atoms with Gasteiger partial charge in [0.25, 0.3) is 0 Å².